The van der Waals surface area contributed by atoms with Gasteiger partial charge in [-0.25, -0.2) is 0 Å². The Morgan fingerprint density at radius 1 is 1.11 bits per heavy atom. The van der Waals surface area contributed by atoms with Gasteiger partial charge in [-0.3, -0.25) is 4.98 Å². The Morgan fingerprint density at radius 2 is 1.89 bits per heavy atom. The molecule has 2 aromatic rings. The van der Waals surface area contributed by atoms with Gasteiger partial charge in [-0.05, 0) is 31.5 Å². The number of fused-ring (bicyclic) bond motifs is 1. The standard InChI is InChI=1S/C16H22N2O/c1-12(2)10-17-11-13(3)19-15-8-4-6-14-7-5-9-18-16(14)15/h4-9,12-13,17H,10-11H2,1-3H3. The number of hydrogen-bond acceptors (Lipinski definition) is 3. The van der Waals surface area contributed by atoms with Gasteiger partial charge in [-0.15, -0.1) is 0 Å². The first-order valence-electron chi connectivity index (χ1n) is 6.88. The van der Waals surface area contributed by atoms with Crippen LogP contribution in [0.3, 0.4) is 0 Å². The molecule has 1 aromatic carbocycles. The van der Waals surface area contributed by atoms with Crippen LogP contribution in [0, 0.1) is 5.92 Å². The third kappa shape index (κ3) is 3.93. The molecule has 1 N–H and O–H groups in total. The minimum atomic E-state index is 0.131. The van der Waals surface area contributed by atoms with Crippen LogP contribution in [0.5, 0.6) is 5.75 Å². The van der Waals surface area contributed by atoms with E-state index in [9.17, 15) is 0 Å². The highest BCUT2D eigenvalue weighted by Crippen LogP contribution is 2.23. The average molecular weight is 258 g/mol. The van der Waals surface area contributed by atoms with Crippen molar-refractivity contribution in [2.75, 3.05) is 13.1 Å². The van der Waals surface area contributed by atoms with Crippen LogP contribution >= 0.6 is 0 Å². The maximum Gasteiger partial charge on any atom is 0.145 e. The Labute approximate surface area is 115 Å². The molecule has 0 fully saturated rings. The van der Waals surface area contributed by atoms with E-state index in [0.717, 1.165) is 29.7 Å². The molecule has 1 aromatic heterocycles. The zero-order valence-electron chi connectivity index (χ0n) is 11.9. The number of benzene rings is 1. The normalized spacial score (nSPS) is 12.8. The quantitative estimate of drug-likeness (QED) is 0.863. The summed E-state index contributed by atoms with van der Waals surface area (Å²) >= 11 is 0. The van der Waals surface area contributed by atoms with Crippen molar-refractivity contribution in [1.82, 2.24) is 10.3 Å². The van der Waals surface area contributed by atoms with Crippen LogP contribution in [-0.2, 0) is 0 Å². The molecule has 0 aliphatic rings. The van der Waals surface area contributed by atoms with Crippen molar-refractivity contribution in [3.63, 3.8) is 0 Å². The van der Waals surface area contributed by atoms with Crippen LogP contribution in [0.4, 0.5) is 0 Å². The van der Waals surface area contributed by atoms with Crippen LogP contribution in [0.15, 0.2) is 36.5 Å². The summed E-state index contributed by atoms with van der Waals surface area (Å²) in [6.07, 6.45) is 1.93. The maximum absolute atomic E-state index is 5.98. The highest BCUT2D eigenvalue weighted by atomic mass is 16.5. The second kappa shape index (κ2) is 6.53. The van der Waals surface area contributed by atoms with Gasteiger partial charge in [0, 0.05) is 18.1 Å². The van der Waals surface area contributed by atoms with Gasteiger partial charge in [0.05, 0.1) is 0 Å². The molecule has 0 radical (unpaired) electrons. The Kier molecular flexibility index (Phi) is 4.74. The predicted molar refractivity (Wildman–Crippen MR) is 79.5 cm³/mol. The summed E-state index contributed by atoms with van der Waals surface area (Å²) in [7, 11) is 0. The van der Waals surface area contributed by atoms with Gasteiger partial charge in [0.1, 0.15) is 17.4 Å². The monoisotopic (exact) mass is 258 g/mol. The van der Waals surface area contributed by atoms with Crippen LogP contribution in [0.1, 0.15) is 20.8 Å². The lowest BCUT2D eigenvalue weighted by Gasteiger charge is -2.17. The number of hydrogen-bond donors (Lipinski definition) is 1. The second-order valence-electron chi connectivity index (χ2n) is 5.31. The molecule has 19 heavy (non-hydrogen) atoms. The van der Waals surface area contributed by atoms with E-state index in [-0.39, 0.29) is 6.10 Å². The van der Waals surface area contributed by atoms with Crippen molar-refractivity contribution in [2.45, 2.75) is 26.9 Å². The fourth-order valence-electron chi connectivity index (χ4n) is 2.01. The Morgan fingerprint density at radius 3 is 2.68 bits per heavy atom. The molecule has 0 spiro atoms. The highest BCUT2D eigenvalue weighted by Gasteiger charge is 2.07. The number of rotatable bonds is 6. The molecular formula is C16H22N2O. The Balaban J connectivity index is 2.00. The number of para-hydroxylation sites is 1. The van der Waals surface area contributed by atoms with E-state index in [1.54, 1.807) is 6.20 Å². The lowest BCUT2D eigenvalue weighted by atomic mass is 10.2. The molecule has 2 rings (SSSR count). The lowest BCUT2D eigenvalue weighted by molar-refractivity contribution is 0.218. The molecule has 1 heterocycles. The number of ether oxygens (including phenoxy) is 1. The van der Waals surface area contributed by atoms with Crippen LogP contribution < -0.4 is 10.1 Å². The minimum absolute atomic E-state index is 0.131. The summed E-state index contributed by atoms with van der Waals surface area (Å²) in [4.78, 5) is 4.40. The molecule has 0 aliphatic heterocycles. The maximum atomic E-state index is 5.98. The van der Waals surface area contributed by atoms with E-state index in [1.807, 2.05) is 18.2 Å². The second-order valence-corrected chi connectivity index (χ2v) is 5.31. The molecule has 3 nitrogen and oxygen atoms in total. The van der Waals surface area contributed by atoms with E-state index < -0.39 is 0 Å². The first-order valence-corrected chi connectivity index (χ1v) is 6.88. The fraction of sp³-hybridized carbons (Fsp3) is 0.438. The number of nitrogens with zero attached hydrogens (tertiary/aromatic N) is 1. The smallest absolute Gasteiger partial charge is 0.145 e. The van der Waals surface area contributed by atoms with Gasteiger partial charge >= 0.3 is 0 Å². The summed E-state index contributed by atoms with van der Waals surface area (Å²) in [5, 5.41) is 4.52. The molecule has 1 unspecified atom stereocenters. The first-order chi connectivity index (χ1) is 9.16. The topological polar surface area (TPSA) is 34.1 Å². The molecule has 0 saturated carbocycles. The molecule has 0 saturated heterocycles. The molecule has 1 atom stereocenters. The van der Waals surface area contributed by atoms with Crippen molar-refractivity contribution in [3.8, 4) is 5.75 Å². The highest BCUT2D eigenvalue weighted by molar-refractivity contribution is 5.84. The van der Waals surface area contributed by atoms with Gasteiger partial charge < -0.3 is 10.1 Å². The van der Waals surface area contributed by atoms with Crippen LogP contribution in [-0.4, -0.2) is 24.2 Å². The van der Waals surface area contributed by atoms with Gasteiger partial charge in [0.15, 0.2) is 0 Å². The average Bonchev–Trinajstić information content (AvgIpc) is 2.39. The SMILES string of the molecule is CC(C)CNCC(C)Oc1cccc2cccnc12. The summed E-state index contributed by atoms with van der Waals surface area (Å²) in [5.41, 5.74) is 0.931. The van der Waals surface area contributed by atoms with Crippen molar-refractivity contribution in [2.24, 2.45) is 5.92 Å². The number of aromatic nitrogens is 1. The largest absolute Gasteiger partial charge is 0.487 e. The fourth-order valence-corrected chi connectivity index (χ4v) is 2.01. The summed E-state index contributed by atoms with van der Waals surface area (Å²) in [6.45, 7) is 8.35. The van der Waals surface area contributed by atoms with E-state index in [0.29, 0.717) is 5.92 Å². The summed E-state index contributed by atoms with van der Waals surface area (Å²) < 4.78 is 5.98. The summed E-state index contributed by atoms with van der Waals surface area (Å²) in [6, 6.07) is 10.0. The van der Waals surface area contributed by atoms with Crippen LogP contribution in [0.2, 0.25) is 0 Å². The van der Waals surface area contributed by atoms with Gasteiger partial charge in [0.25, 0.3) is 0 Å². The van der Waals surface area contributed by atoms with Gasteiger partial charge in [-0.2, -0.15) is 0 Å². The van der Waals surface area contributed by atoms with Gasteiger partial charge in [0.2, 0.25) is 0 Å². The Hall–Kier alpha value is -1.61. The minimum Gasteiger partial charge on any atom is -0.487 e. The first kappa shape index (κ1) is 13.8. The molecule has 3 heteroatoms. The van der Waals surface area contributed by atoms with Crippen molar-refractivity contribution < 1.29 is 4.74 Å². The summed E-state index contributed by atoms with van der Waals surface area (Å²) in [5.74, 6) is 1.52. The zero-order valence-corrected chi connectivity index (χ0v) is 11.9. The molecule has 0 aliphatic carbocycles. The van der Waals surface area contributed by atoms with E-state index in [1.165, 1.54) is 0 Å². The van der Waals surface area contributed by atoms with Crippen molar-refractivity contribution >= 4 is 10.9 Å². The predicted octanol–water partition coefficient (Wildman–Crippen LogP) is 3.25. The molecule has 102 valence electrons. The number of pyridine rings is 1. The zero-order chi connectivity index (χ0) is 13.7. The van der Waals surface area contributed by atoms with E-state index in [2.05, 4.69) is 43.2 Å². The third-order valence-corrected chi connectivity index (χ3v) is 2.91. The number of nitrogens with one attached hydrogen (secondary N) is 1. The third-order valence-electron chi connectivity index (χ3n) is 2.91. The molecule has 0 bridgehead atoms. The Bertz CT molecular complexity index is 520. The van der Waals surface area contributed by atoms with Gasteiger partial charge in [-0.1, -0.05) is 32.0 Å². The van der Waals surface area contributed by atoms with E-state index in [4.69, 9.17) is 4.74 Å². The molecule has 0 amide bonds. The lowest BCUT2D eigenvalue weighted by Crippen LogP contribution is -2.31. The van der Waals surface area contributed by atoms with Crippen LogP contribution in [0.25, 0.3) is 10.9 Å². The van der Waals surface area contributed by atoms with E-state index >= 15 is 0 Å². The molecular weight excluding hydrogens is 236 g/mol. The van der Waals surface area contributed by atoms with Crippen molar-refractivity contribution in [1.29, 1.82) is 0 Å². The van der Waals surface area contributed by atoms with Crippen molar-refractivity contribution in [3.05, 3.63) is 36.5 Å².